The third-order valence-electron chi connectivity index (χ3n) is 5.06. The molecular formula is C24H46O4S. The molecule has 0 saturated carbocycles. The van der Waals surface area contributed by atoms with E-state index in [2.05, 4.69) is 13.8 Å². The summed E-state index contributed by atoms with van der Waals surface area (Å²) in [5.41, 5.74) is 0. The van der Waals surface area contributed by atoms with Gasteiger partial charge in [-0.15, -0.1) is 11.8 Å². The molecule has 4 nitrogen and oxygen atoms in total. The molecule has 0 fully saturated rings. The van der Waals surface area contributed by atoms with Gasteiger partial charge >= 0.3 is 11.9 Å². The zero-order valence-electron chi connectivity index (χ0n) is 19.5. The molecule has 0 aromatic rings. The Morgan fingerprint density at radius 3 is 1.24 bits per heavy atom. The van der Waals surface area contributed by atoms with Gasteiger partial charge in [-0.1, -0.05) is 90.9 Å². The average Bonchev–Trinajstić information content (AvgIpc) is 2.71. The maximum absolute atomic E-state index is 12.1. The number of hydrogen-bond donors (Lipinski definition) is 0. The summed E-state index contributed by atoms with van der Waals surface area (Å²) >= 11 is 1.32. The quantitative estimate of drug-likeness (QED) is 0.152. The summed E-state index contributed by atoms with van der Waals surface area (Å²) in [5, 5.41) is -0.693. The third-order valence-corrected chi connectivity index (χ3v) is 6.26. The Bertz CT molecular complexity index is 364. The summed E-state index contributed by atoms with van der Waals surface area (Å²) in [6, 6.07) is 0. The SMILES string of the molecule is CCCCCCCCCOC(=O)C(C)SC(C)C(=O)OCCCCCCCCC. The van der Waals surface area contributed by atoms with Gasteiger partial charge in [0.1, 0.15) is 10.5 Å². The Labute approximate surface area is 184 Å². The number of esters is 2. The van der Waals surface area contributed by atoms with Gasteiger partial charge in [0.15, 0.2) is 0 Å². The van der Waals surface area contributed by atoms with Crippen LogP contribution in [0.15, 0.2) is 0 Å². The van der Waals surface area contributed by atoms with Gasteiger partial charge in [-0.2, -0.15) is 0 Å². The van der Waals surface area contributed by atoms with E-state index >= 15 is 0 Å². The number of carbonyl (C=O) groups is 2. The first-order chi connectivity index (χ1) is 14.0. The zero-order chi connectivity index (χ0) is 21.7. The van der Waals surface area contributed by atoms with Crippen molar-refractivity contribution in [2.45, 2.75) is 128 Å². The molecule has 0 saturated heterocycles. The van der Waals surface area contributed by atoms with E-state index in [1.807, 2.05) is 0 Å². The normalized spacial score (nSPS) is 13.1. The monoisotopic (exact) mass is 430 g/mol. The van der Waals surface area contributed by atoms with Crippen LogP contribution in [0, 0.1) is 0 Å². The molecule has 0 spiro atoms. The van der Waals surface area contributed by atoms with E-state index in [9.17, 15) is 9.59 Å². The van der Waals surface area contributed by atoms with Crippen molar-refractivity contribution in [3.8, 4) is 0 Å². The molecule has 5 heteroatoms. The lowest BCUT2D eigenvalue weighted by Gasteiger charge is -2.16. The van der Waals surface area contributed by atoms with Crippen molar-refractivity contribution in [1.82, 2.24) is 0 Å². The maximum atomic E-state index is 12.1. The molecule has 0 N–H and O–H groups in total. The zero-order valence-corrected chi connectivity index (χ0v) is 20.3. The molecule has 29 heavy (non-hydrogen) atoms. The van der Waals surface area contributed by atoms with Gasteiger partial charge in [-0.05, 0) is 26.7 Å². The first-order valence-electron chi connectivity index (χ1n) is 12.0. The van der Waals surface area contributed by atoms with Crippen LogP contribution in [0.1, 0.15) is 118 Å². The van der Waals surface area contributed by atoms with E-state index < -0.39 is 0 Å². The fourth-order valence-electron chi connectivity index (χ4n) is 3.12. The molecule has 2 atom stereocenters. The molecule has 2 unspecified atom stereocenters. The van der Waals surface area contributed by atoms with E-state index in [0.717, 1.165) is 25.7 Å². The summed E-state index contributed by atoms with van der Waals surface area (Å²) in [7, 11) is 0. The first kappa shape index (κ1) is 28.3. The highest BCUT2D eigenvalue weighted by molar-refractivity contribution is 8.01. The summed E-state index contributed by atoms with van der Waals surface area (Å²) < 4.78 is 10.7. The highest BCUT2D eigenvalue weighted by Crippen LogP contribution is 2.20. The smallest absolute Gasteiger partial charge is 0.318 e. The van der Waals surface area contributed by atoms with Crippen LogP contribution in [0.2, 0.25) is 0 Å². The van der Waals surface area contributed by atoms with E-state index in [1.54, 1.807) is 13.8 Å². The molecule has 0 rings (SSSR count). The molecule has 0 aromatic heterocycles. The Balaban J connectivity index is 3.70. The summed E-state index contributed by atoms with van der Waals surface area (Å²) in [6.07, 6.45) is 16.8. The number of carbonyl (C=O) groups excluding carboxylic acids is 2. The van der Waals surface area contributed by atoms with Gasteiger partial charge in [0.2, 0.25) is 0 Å². The molecule has 0 amide bonds. The topological polar surface area (TPSA) is 52.6 Å². The van der Waals surface area contributed by atoms with Crippen molar-refractivity contribution >= 4 is 23.7 Å². The average molecular weight is 431 g/mol. The Kier molecular flexibility index (Phi) is 20.1. The van der Waals surface area contributed by atoms with Crippen molar-refractivity contribution in [3.63, 3.8) is 0 Å². The summed E-state index contributed by atoms with van der Waals surface area (Å²) in [4.78, 5) is 24.2. The fourth-order valence-corrected chi connectivity index (χ4v) is 4.09. The highest BCUT2D eigenvalue weighted by Gasteiger charge is 2.23. The molecule has 0 heterocycles. The number of rotatable bonds is 20. The van der Waals surface area contributed by atoms with Gasteiger partial charge < -0.3 is 9.47 Å². The van der Waals surface area contributed by atoms with Crippen LogP contribution in [-0.4, -0.2) is 35.7 Å². The van der Waals surface area contributed by atoms with Crippen molar-refractivity contribution in [2.75, 3.05) is 13.2 Å². The molecule has 172 valence electrons. The van der Waals surface area contributed by atoms with Gasteiger partial charge in [0.05, 0.1) is 13.2 Å². The second kappa shape index (κ2) is 20.6. The molecule has 0 aromatic carbocycles. The minimum absolute atomic E-state index is 0.229. The summed E-state index contributed by atoms with van der Waals surface area (Å²) in [6.45, 7) is 9.00. The maximum Gasteiger partial charge on any atom is 0.318 e. The molecular weight excluding hydrogens is 384 g/mol. The van der Waals surface area contributed by atoms with E-state index in [4.69, 9.17) is 9.47 Å². The number of thioether (sulfide) groups is 1. The van der Waals surface area contributed by atoms with Crippen LogP contribution in [0.3, 0.4) is 0 Å². The standard InChI is InChI=1S/C24H46O4S/c1-5-7-9-11-13-15-17-19-27-23(25)21(3)29-22(4)24(26)28-20-18-16-14-12-10-8-6-2/h21-22H,5-20H2,1-4H3. The van der Waals surface area contributed by atoms with Crippen molar-refractivity contribution in [1.29, 1.82) is 0 Å². The lowest BCUT2D eigenvalue weighted by Crippen LogP contribution is -2.25. The van der Waals surface area contributed by atoms with Crippen molar-refractivity contribution < 1.29 is 19.1 Å². The van der Waals surface area contributed by atoms with Crippen LogP contribution in [-0.2, 0) is 19.1 Å². The van der Waals surface area contributed by atoms with E-state index in [-0.39, 0.29) is 22.4 Å². The minimum Gasteiger partial charge on any atom is -0.465 e. The molecule has 0 aliphatic carbocycles. The Morgan fingerprint density at radius 1 is 0.586 bits per heavy atom. The van der Waals surface area contributed by atoms with E-state index in [1.165, 1.54) is 76.0 Å². The predicted molar refractivity (Wildman–Crippen MR) is 124 cm³/mol. The van der Waals surface area contributed by atoms with Gasteiger partial charge in [-0.25, -0.2) is 0 Å². The number of hydrogen-bond acceptors (Lipinski definition) is 5. The molecule has 0 bridgehead atoms. The lowest BCUT2D eigenvalue weighted by molar-refractivity contribution is -0.142. The van der Waals surface area contributed by atoms with Crippen LogP contribution in [0.5, 0.6) is 0 Å². The Morgan fingerprint density at radius 2 is 0.897 bits per heavy atom. The predicted octanol–water partition coefficient (Wildman–Crippen LogP) is 7.08. The van der Waals surface area contributed by atoms with E-state index in [0.29, 0.717) is 13.2 Å². The number of unbranched alkanes of at least 4 members (excludes halogenated alkanes) is 12. The largest absolute Gasteiger partial charge is 0.465 e. The van der Waals surface area contributed by atoms with Crippen LogP contribution in [0.25, 0.3) is 0 Å². The second-order valence-electron chi connectivity index (χ2n) is 8.00. The fraction of sp³-hybridized carbons (Fsp3) is 0.917. The van der Waals surface area contributed by atoms with Gasteiger partial charge in [-0.3, -0.25) is 9.59 Å². The van der Waals surface area contributed by atoms with Crippen LogP contribution < -0.4 is 0 Å². The molecule has 0 aliphatic rings. The second-order valence-corrected chi connectivity index (χ2v) is 9.68. The third kappa shape index (κ3) is 17.8. The highest BCUT2D eigenvalue weighted by atomic mass is 32.2. The van der Waals surface area contributed by atoms with Crippen molar-refractivity contribution in [3.05, 3.63) is 0 Å². The van der Waals surface area contributed by atoms with Gasteiger partial charge in [0, 0.05) is 0 Å². The van der Waals surface area contributed by atoms with Crippen LogP contribution in [0.4, 0.5) is 0 Å². The minimum atomic E-state index is -0.347. The van der Waals surface area contributed by atoms with Crippen LogP contribution >= 0.6 is 11.8 Å². The summed E-state index contributed by atoms with van der Waals surface area (Å²) in [5.74, 6) is -0.458. The van der Waals surface area contributed by atoms with Gasteiger partial charge in [0.25, 0.3) is 0 Å². The molecule has 0 aliphatic heterocycles. The first-order valence-corrected chi connectivity index (χ1v) is 13.0. The number of ether oxygens (including phenoxy) is 2. The lowest BCUT2D eigenvalue weighted by atomic mass is 10.1. The Hall–Kier alpha value is -0.710. The van der Waals surface area contributed by atoms with Crippen molar-refractivity contribution in [2.24, 2.45) is 0 Å². The molecule has 0 radical (unpaired) electrons.